The first kappa shape index (κ1) is 13.4. The number of unbranched alkanes of at least 4 members (excludes halogenated alkanes) is 1. The molecule has 0 spiro atoms. The van der Waals surface area contributed by atoms with Gasteiger partial charge in [0.1, 0.15) is 0 Å². The summed E-state index contributed by atoms with van der Waals surface area (Å²) in [7, 11) is 0. The second-order valence-electron chi connectivity index (χ2n) is 3.30. The van der Waals surface area contributed by atoms with Gasteiger partial charge in [-0.3, -0.25) is 4.79 Å². The molecular weight excluding hydrogens is 178 g/mol. The van der Waals surface area contributed by atoms with Crippen LogP contribution in [0.15, 0.2) is 0 Å². The van der Waals surface area contributed by atoms with E-state index in [2.05, 4.69) is 10.6 Å². The van der Waals surface area contributed by atoms with Crippen molar-refractivity contribution in [1.29, 1.82) is 0 Å². The molecule has 0 fully saturated rings. The van der Waals surface area contributed by atoms with E-state index >= 15 is 0 Å². The Bertz CT molecular complexity index is 139. The lowest BCUT2D eigenvalue weighted by atomic mass is 10.3. The molecule has 0 atom stereocenters. The summed E-state index contributed by atoms with van der Waals surface area (Å²) in [5.41, 5.74) is 5.36. The maximum atomic E-state index is 10.8. The van der Waals surface area contributed by atoms with E-state index in [4.69, 9.17) is 5.73 Å². The van der Waals surface area contributed by atoms with Crippen LogP contribution in [-0.2, 0) is 4.79 Å². The Hall–Kier alpha value is -0.610. The van der Waals surface area contributed by atoms with Crippen LogP contribution in [0.1, 0.15) is 32.6 Å². The van der Waals surface area contributed by atoms with E-state index in [0.29, 0.717) is 6.42 Å². The van der Waals surface area contributed by atoms with E-state index < -0.39 is 0 Å². The molecule has 14 heavy (non-hydrogen) atoms. The van der Waals surface area contributed by atoms with Gasteiger partial charge in [-0.15, -0.1) is 0 Å². The van der Waals surface area contributed by atoms with Gasteiger partial charge in [0, 0.05) is 13.0 Å². The Labute approximate surface area is 86.6 Å². The SMILES string of the molecule is CCC(=O)NCCCNCCCCN. The third-order valence-corrected chi connectivity index (χ3v) is 1.98. The molecule has 0 aromatic carbocycles. The summed E-state index contributed by atoms with van der Waals surface area (Å²) in [4.78, 5) is 10.8. The van der Waals surface area contributed by atoms with E-state index in [1.54, 1.807) is 0 Å². The van der Waals surface area contributed by atoms with Gasteiger partial charge in [0.05, 0.1) is 0 Å². The summed E-state index contributed by atoms with van der Waals surface area (Å²) in [6.07, 6.45) is 3.79. The predicted molar refractivity (Wildman–Crippen MR) is 59.1 cm³/mol. The van der Waals surface area contributed by atoms with Crippen molar-refractivity contribution in [2.45, 2.75) is 32.6 Å². The van der Waals surface area contributed by atoms with Crippen molar-refractivity contribution in [3.63, 3.8) is 0 Å². The van der Waals surface area contributed by atoms with Gasteiger partial charge in [0.15, 0.2) is 0 Å². The van der Waals surface area contributed by atoms with E-state index in [1.807, 2.05) is 6.92 Å². The molecule has 0 saturated heterocycles. The minimum Gasteiger partial charge on any atom is -0.356 e. The van der Waals surface area contributed by atoms with Gasteiger partial charge in [-0.1, -0.05) is 6.92 Å². The van der Waals surface area contributed by atoms with Gasteiger partial charge in [-0.05, 0) is 38.9 Å². The molecule has 0 radical (unpaired) electrons. The number of rotatable bonds is 9. The molecule has 84 valence electrons. The highest BCUT2D eigenvalue weighted by atomic mass is 16.1. The maximum Gasteiger partial charge on any atom is 0.219 e. The number of hydrogen-bond acceptors (Lipinski definition) is 3. The van der Waals surface area contributed by atoms with Crippen LogP contribution < -0.4 is 16.4 Å². The second kappa shape index (κ2) is 10.5. The fraction of sp³-hybridized carbons (Fsp3) is 0.900. The van der Waals surface area contributed by atoms with Crippen LogP contribution in [0.5, 0.6) is 0 Å². The Balaban J connectivity index is 2.95. The third-order valence-electron chi connectivity index (χ3n) is 1.98. The molecule has 0 unspecified atom stereocenters. The summed E-state index contributed by atoms with van der Waals surface area (Å²) in [5.74, 6) is 0.133. The summed E-state index contributed by atoms with van der Waals surface area (Å²) in [6, 6.07) is 0. The molecule has 0 aliphatic heterocycles. The van der Waals surface area contributed by atoms with Crippen molar-refractivity contribution in [1.82, 2.24) is 10.6 Å². The van der Waals surface area contributed by atoms with Crippen molar-refractivity contribution in [3.05, 3.63) is 0 Å². The highest BCUT2D eigenvalue weighted by Gasteiger charge is 1.94. The fourth-order valence-corrected chi connectivity index (χ4v) is 1.09. The number of amides is 1. The normalized spacial score (nSPS) is 10.1. The number of nitrogens with two attached hydrogens (primary N) is 1. The molecule has 0 aliphatic carbocycles. The first-order valence-electron chi connectivity index (χ1n) is 5.48. The van der Waals surface area contributed by atoms with Gasteiger partial charge < -0.3 is 16.4 Å². The molecule has 0 aliphatic rings. The van der Waals surface area contributed by atoms with Crippen molar-refractivity contribution >= 4 is 5.91 Å². The van der Waals surface area contributed by atoms with Crippen molar-refractivity contribution in [3.8, 4) is 0 Å². The Morgan fingerprint density at radius 3 is 2.50 bits per heavy atom. The second-order valence-corrected chi connectivity index (χ2v) is 3.30. The molecule has 0 bridgehead atoms. The monoisotopic (exact) mass is 201 g/mol. The zero-order chi connectivity index (χ0) is 10.6. The number of carbonyl (C=O) groups is 1. The molecule has 1 amide bonds. The smallest absolute Gasteiger partial charge is 0.219 e. The lowest BCUT2D eigenvalue weighted by molar-refractivity contribution is -0.120. The van der Waals surface area contributed by atoms with Crippen LogP contribution in [0.3, 0.4) is 0 Å². The van der Waals surface area contributed by atoms with Crippen LogP contribution in [-0.4, -0.2) is 32.1 Å². The molecular formula is C10H23N3O. The number of hydrogen-bond donors (Lipinski definition) is 3. The molecule has 0 aromatic rings. The van der Waals surface area contributed by atoms with Gasteiger partial charge in [-0.2, -0.15) is 0 Å². The minimum atomic E-state index is 0.133. The topological polar surface area (TPSA) is 67.2 Å². The number of nitrogens with one attached hydrogen (secondary N) is 2. The third kappa shape index (κ3) is 9.48. The fourth-order valence-electron chi connectivity index (χ4n) is 1.09. The van der Waals surface area contributed by atoms with Gasteiger partial charge >= 0.3 is 0 Å². The lowest BCUT2D eigenvalue weighted by Gasteiger charge is -2.05. The van der Waals surface area contributed by atoms with E-state index in [-0.39, 0.29) is 5.91 Å². The Morgan fingerprint density at radius 2 is 1.86 bits per heavy atom. The van der Waals surface area contributed by atoms with E-state index in [1.165, 1.54) is 0 Å². The summed E-state index contributed by atoms with van der Waals surface area (Å²) in [5, 5.41) is 6.14. The van der Waals surface area contributed by atoms with Gasteiger partial charge in [0.25, 0.3) is 0 Å². The standard InChI is InChI=1S/C10H23N3O/c1-2-10(14)13-9-5-8-12-7-4-3-6-11/h12H,2-9,11H2,1H3,(H,13,14). The van der Waals surface area contributed by atoms with Gasteiger partial charge in [-0.25, -0.2) is 0 Å². The summed E-state index contributed by atoms with van der Waals surface area (Å²) in [6.45, 7) is 5.40. The van der Waals surface area contributed by atoms with Crippen LogP contribution >= 0.6 is 0 Å². The molecule has 0 saturated carbocycles. The van der Waals surface area contributed by atoms with Crippen molar-refractivity contribution in [2.75, 3.05) is 26.2 Å². The summed E-state index contributed by atoms with van der Waals surface area (Å²) < 4.78 is 0. The zero-order valence-corrected chi connectivity index (χ0v) is 9.14. The first-order chi connectivity index (χ1) is 6.81. The van der Waals surface area contributed by atoms with Crippen LogP contribution in [0.25, 0.3) is 0 Å². The van der Waals surface area contributed by atoms with Crippen LogP contribution in [0.4, 0.5) is 0 Å². The highest BCUT2D eigenvalue weighted by Crippen LogP contribution is 1.83. The largest absolute Gasteiger partial charge is 0.356 e. The van der Waals surface area contributed by atoms with Gasteiger partial charge in [0.2, 0.25) is 5.91 Å². The molecule has 4 nitrogen and oxygen atoms in total. The molecule has 0 heterocycles. The van der Waals surface area contributed by atoms with Crippen LogP contribution in [0.2, 0.25) is 0 Å². The first-order valence-corrected chi connectivity index (χ1v) is 5.48. The number of carbonyl (C=O) groups excluding carboxylic acids is 1. The summed E-state index contributed by atoms with van der Waals surface area (Å²) >= 11 is 0. The minimum absolute atomic E-state index is 0.133. The average molecular weight is 201 g/mol. The molecule has 4 heteroatoms. The van der Waals surface area contributed by atoms with Crippen molar-refractivity contribution < 1.29 is 4.79 Å². The predicted octanol–water partition coefficient (Wildman–Crippen LogP) is 0.231. The van der Waals surface area contributed by atoms with E-state index in [0.717, 1.165) is 45.4 Å². The Morgan fingerprint density at radius 1 is 1.14 bits per heavy atom. The average Bonchev–Trinajstić information content (AvgIpc) is 2.21. The Kier molecular flexibility index (Phi) is 10.0. The molecule has 4 N–H and O–H groups in total. The maximum absolute atomic E-state index is 10.8. The molecule has 0 aromatic heterocycles. The van der Waals surface area contributed by atoms with Crippen molar-refractivity contribution in [2.24, 2.45) is 5.73 Å². The zero-order valence-electron chi connectivity index (χ0n) is 9.14. The van der Waals surface area contributed by atoms with Crippen LogP contribution in [0, 0.1) is 0 Å². The highest BCUT2D eigenvalue weighted by molar-refractivity contribution is 5.75. The van der Waals surface area contributed by atoms with E-state index in [9.17, 15) is 4.79 Å². The quantitative estimate of drug-likeness (QED) is 0.468. The molecule has 0 rings (SSSR count). The lowest BCUT2D eigenvalue weighted by Crippen LogP contribution is -2.27.